The van der Waals surface area contributed by atoms with Crippen molar-refractivity contribution in [2.24, 2.45) is 0 Å². The van der Waals surface area contributed by atoms with Crippen molar-refractivity contribution in [2.75, 3.05) is 46.3 Å². The number of hydrogen-bond donors (Lipinski definition) is 0. The molecule has 3 heterocycles. The maximum atomic E-state index is 13.6. The molecule has 2 unspecified atom stereocenters. The van der Waals surface area contributed by atoms with Gasteiger partial charge in [-0.2, -0.15) is 0 Å². The second kappa shape index (κ2) is 9.10. The first-order chi connectivity index (χ1) is 14.4. The van der Waals surface area contributed by atoms with Gasteiger partial charge in [0.05, 0.1) is 13.1 Å². The molecule has 31 heavy (non-hydrogen) atoms. The molecule has 2 atom stereocenters. The first kappa shape index (κ1) is 23.4. The van der Waals surface area contributed by atoms with Gasteiger partial charge in [0.1, 0.15) is 19.7 Å². The number of nitrogens with zero attached hydrogens (tertiary/aromatic N) is 4. The molecule has 1 aromatic rings. The van der Waals surface area contributed by atoms with E-state index in [9.17, 15) is 14.4 Å². The highest BCUT2D eigenvalue weighted by Crippen LogP contribution is 2.40. The number of amides is 3. The van der Waals surface area contributed by atoms with Gasteiger partial charge in [-0.25, -0.2) is 4.79 Å². The smallest absolute Gasteiger partial charge is 0.337 e. The fourth-order valence-corrected chi connectivity index (χ4v) is 5.24. The third-order valence-corrected chi connectivity index (χ3v) is 7.24. The van der Waals surface area contributed by atoms with Crippen LogP contribution in [0.4, 0.5) is 5.69 Å². The van der Waals surface area contributed by atoms with Crippen molar-refractivity contribution >= 4 is 35.8 Å². The van der Waals surface area contributed by atoms with Crippen molar-refractivity contribution in [1.29, 1.82) is 0 Å². The topological polar surface area (TPSA) is 57.7 Å². The van der Waals surface area contributed by atoms with E-state index in [-0.39, 0.29) is 34.7 Å². The second-order valence-electron chi connectivity index (χ2n) is 8.78. The van der Waals surface area contributed by atoms with Crippen LogP contribution in [0.3, 0.4) is 0 Å². The highest BCUT2D eigenvalue weighted by Gasteiger charge is 2.61. The lowest BCUT2D eigenvalue weighted by atomic mass is 10.2. The van der Waals surface area contributed by atoms with Crippen LogP contribution in [-0.4, -0.2) is 78.4 Å². The van der Waals surface area contributed by atoms with Crippen molar-refractivity contribution in [3.05, 3.63) is 42.1 Å². The van der Waals surface area contributed by atoms with Gasteiger partial charge in [-0.3, -0.25) is 9.59 Å². The molecule has 4 rings (SSSR count). The van der Waals surface area contributed by atoms with Crippen LogP contribution in [0.2, 0.25) is 0 Å². The molecule has 0 N–H and O–H groups in total. The van der Waals surface area contributed by atoms with Crippen LogP contribution >= 0.6 is 12.4 Å². The SMILES string of the molecule is CC1=CC(=O)[N+](CCN2CCCC2=O)(c2ccccc2)[N+]1(C)CCN1CCCC1=O.Cl. The Bertz CT molecular complexity index is 890. The van der Waals surface area contributed by atoms with Gasteiger partial charge in [0.15, 0.2) is 17.9 Å². The van der Waals surface area contributed by atoms with Crippen LogP contribution in [0.5, 0.6) is 0 Å². The van der Waals surface area contributed by atoms with E-state index in [4.69, 9.17) is 0 Å². The summed E-state index contributed by atoms with van der Waals surface area (Å²) >= 11 is 0. The molecule has 0 radical (unpaired) electrons. The van der Waals surface area contributed by atoms with Crippen LogP contribution < -0.4 is 4.59 Å². The Morgan fingerprint density at radius 3 is 1.94 bits per heavy atom. The first-order valence-electron chi connectivity index (χ1n) is 11.0. The summed E-state index contributed by atoms with van der Waals surface area (Å²) in [5, 5.41) is 0. The van der Waals surface area contributed by atoms with Crippen molar-refractivity contribution < 1.29 is 19.0 Å². The van der Waals surface area contributed by atoms with Crippen molar-refractivity contribution in [2.45, 2.75) is 32.6 Å². The predicted octanol–water partition coefficient (Wildman–Crippen LogP) is 2.47. The Morgan fingerprint density at radius 2 is 1.42 bits per heavy atom. The molecule has 2 fully saturated rings. The summed E-state index contributed by atoms with van der Waals surface area (Å²) in [4.78, 5) is 41.8. The van der Waals surface area contributed by atoms with E-state index in [2.05, 4.69) is 7.05 Å². The summed E-state index contributed by atoms with van der Waals surface area (Å²) in [6.45, 7) is 5.92. The third kappa shape index (κ3) is 3.90. The molecule has 3 aliphatic rings. The first-order valence-corrected chi connectivity index (χ1v) is 11.0. The van der Waals surface area contributed by atoms with Crippen LogP contribution in [0, 0.1) is 0 Å². The summed E-state index contributed by atoms with van der Waals surface area (Å²) in [5.74, 6) is 0.421. The minimum absolute atomic E-state index is 0. The number of benzene rings is 1. The maximum Gasteiger partial charge on any atom is 0.397 e. The second-order valence-corrected chi connectivity index (χ2v) is 8.78. The predicted molar refractivity (Wildman–Crippen MR) is 122 cm³/mol. The fourth-order valence-electron chi connectivity index (χ4n) is 5.24. The Balaban J connectivity index is 0.00000272. The summed E-state index contributed by atoms with van der Waals surface area (Å²) in [7, 11) is 2.09. The van der Waals surface area contributed by atoms with Gasteiger partial charge < -0.3 is 9.80 Å². The number of likely N-dealkylation sites (tertiary alicyclic amines) is 2. The molecule has 0 saturated carbocycles. The van der Waals surface area contributed by atoms with Crippen molar-refractivity contribution in [3.8, 4) is 0 Å². The summed E-state index contributed by atoms with van der Waals surface area (Å²) in [6.07, 6.45) is 4.77. The number of allylic oxidation sites excluding steroid dienone is 1. The third-order valence-electron chi connectivity index (χ3n) is 7.24. The molecule has 1 aromatic carbocycles. The highest BCUT2D eigenvalue weighted by atomic mass is 35.5. The number of likely N-dealkylation sites (N-methyl/N-ethyl adjacent to an activating group) is 1. The number of para-hydroxylation sites is 1. The van der Waals surface area contributed by atoms with Crippen molar-refractivity contribution in [1.82, 2.24) is 14.4 Å². The van der Waals surface area contributed by atoms with Gasteiger partial charge in [-0.05, 0) is 12.8 Å². The Kier molecular flexibility index (Phi) is 6.88. The zero-order valence-electron chi connectivity index (χ0n) is 18.5. The van der Waals surface area contributed by atoms with E-state index in [1.165, 1.54) is 0 Å². The molecular formula is C23H33ClN4O3+2. The van der Waals surface area contributed by atoms with E-state index < -0.39 is 0 Å². The fraction of sp³-hybridized carbons (Fsp3) is 0.522. The van der Waals surface area contributed by atoms with Crippen LogP contribution in [0.15, 0.2) is 42.1 Å². The van der Waals surface area contributed by atoms with E-state index >= 15 is 0 Å². The van der Waals surface area contributed by atoms with Gasteiger partial charge in [-0.15, -0.1) is 17.0 Å². The van der Waals surface area contributed by atoms with Gasteiger partial charge >= 0.3 is 5.91 Å². The number of hydrogen-bond acceptors (Lipinski definition) is 3. The number of quaternary nitrogens is 2. The maximum absolute atomic E-state index is 13.6. The van der Waals surface area contributed by atoms with Crippen molar-refractivity contribution in [3.63, 3.8) is 0 Å². The van der Waals surface area contributed by atoms with Gasteiger partial charge in [-0.1, -0.05) is 22.8 Å². The Labute approximate surface area is 190 Å². The lowest BCUT2D eigenvalue weighted by Gasteiger charge is -2.45. The summed E-state index contributed by atoms with van der Waals surface area (Å²) in [6, 6.07) is 9.90. The lowest BCUT2D eigenvalue weighted by molar-refractivity contribution is -0.959. The molecule has 0 aromatic heterocycles. The minimum atomic E-state index is 0. The quantitative estimate of drug-likeness (QED) is 0.602. The monoisotopic (exact) mass is 448 g/mol. The molecule has 0 spiro atoms. The van der Waals surface area contributed by atoms with Gasteiger partial charge in [0.2, 0.25) is 11.8 Å². The number of rotatable bonds is 7. The normalized spacial score (nSPS) is 28.3. The van der Waals surface area contributed by atoms with Crippen LogP contribution in [-0.2, 0) is 14.4 Å². The Hall–Kier alpha value is -2.22. The largest absolute Gasteiger partial charge is 0.397 e. The molecule has 0 aliphatic carbocycles. The molecular weight excluding hydrogens is 416 g/mol. The standard InChI is InChI=1S/C23H32N4O3.ClH/c1-19-18-23(30)27(20-8-4-3-5-9-20,17-15-25-13-7-11-22(25)29)26(19,2)16-14-24-12-6-10-21(24)28;/h3-5,8-9,18H,6-7,10-17H2,1-2H3;1H/q+2;. The molecule has 8 heteroatoms. The van der Waals surface area contributed by atoms with E-state index in [0.717, 1.165) is 37.3 Å². The van der Waals surface area contributed by atoms with Gasteiger partial charge in [0, 0.05) is 45.0 Å². The Morgan fingerprint density at radius 1 is 0.871 bits per heavy atom. The number of carbonyl (C=O) groups is 3. The number of carbonyl (C=O) groups excluding carboxylic acids is 3. The van der Waals surface area contributed by atoms with Gasteiger partial charge in [0.25, 0.3) is 0 Å². The van der Waals surface area contributed by atoms with Crippen LogP contribution in [0.1, 0.15) is 32.6 Å². The zero-order chi connectivity index (χ0) is 21.4. The molecule has 2 saturated heterocycles. The molecule has 0 bridgehead atoms. The molecule has 7 nitrogen and oxygen atoms in total. The molecule has 168 valence electrons. The highest BCUT2D eigenvalue weighted by molar-refractivity contribution is 5.97. The zero-order valence-corrected chi connectivity index (χ0v) is 19.3. The minimum Gasteiger partial charge on any atom is -0.337 e. The summed E-state index contributed by atoms with van der Waals surface area (Å²) < 4.78 is 0.521. The summed E-state index contributed by atoms with van der Waals surface area (Å²) in [5.41, 5.74) is 1.92. The molecule has 3 amide bonds. The average molecular weight is 449 g/mol. The average Bonchev–Trinajstić information content (AvgIpc) is 3.39. The van der Waals surface area contributed by atoms with E-state index in [0.29, 0.717) is 43.6 Å². The van der Waals surface area contributed by atoms with E-state index in [1.807, 2.05) is 47.1 Å². The van der Waals surface area contributed by atoms with Crippen LogP contribution in [0.25, 0.3) is 0 Å². The molecule has 3 aliphatic heterocycles. The lowest BCUT2D eigenvalue weighted by Crippen LogP contribution is -2.73. The number of halogens is 1. The van der Waals surface area contributed by atoms with E-state index in [1.54, 1.807) is 6.08 Å².